The molecular weight excluding hydrogens is 322 g/mol. The van der Waals surface area contributed by atoms with Gasteiger partial charge >= 0.3 is 0 Å². The molecular formula is C18H23N3O2S. The fourth-order valence-electron chi connectivity index (χ4n) is 3.22. The quantitative estimate of drug-likeness (QED) is 0.803. The summed E-state index contributed by atoms with van der Waals surface area (Å²) in [5.74, 6) is 0.0456. The van der Waals surface area contributed by atoms with Crippen molar-refractivity contribution in [3.8, 4) is 0 Å². The number of thiocarbonyl (C=S) groups is 1. The molecule has 0 unspecified atom stereocenters. The third kappa shape index (κ3) is 3.30. The topological polar surface area (TPSA) is 53.6 Å². The van der Waals surface area contributed by atoms with Gasteiger partial charge in [-0.2, -0.15) is 0 Å². The highest BCUT2D eigenvalue weighted by Gasteiger charge is 2.33. The maximum absolute atomic E-state index is 13.1. The standard InChI is InChI=1S/C18H23N3O2S/c1-11-4-5-12(2)14(10-11)16-15(13(3)19-18(24)20-16)17(22)21-6-8-23-9-7-21/h4-5,10,16H,6-9H2,1-3H3,(H2,19,20,24)/t16-/m0/s1. The first-order valence-electron chi connectivity index (χ1n) is 8.20. The molecule has 2 aliphatic rings. The van der Waals surface area contributed by atoms with Crippen LogP contribution >= 0.6 is 12.2 Å². The summed E-state index contributed by atoms with van der Waals surface area (Å²) in [7, 11) is 0. The van der Waals surface area contributed by atoms with Crippen molar-refractivity contribution in [3.63, 3.8) is 0 Å². The minimum absolute atomic E-state index is 0.0456. The average Bonchev–Trinajstić information content (AvgIpc) is 2.56. The molecule has 1 aromatic carbocycles. The molecule has 2 aliphatic heterocycles. The summed E-state index contributed by atoms with van der Waals surface area (Å²) in [6.45, 7) is 8.46. The molecule has 1 amide bonds. The summed E-state index contributed by atoms with van der Waals surface area (Å²) in [5.41, 5.74) is 4.95. The highest BCUT2D eigenvalue weighted by Crippen LogP contribution is 2.31. The molecule has 6 heteroatoms. The van der Waals surface area contributed by atoms with E-state index in [2.05, 4.69) is 42.7 Å². The number of nitrogens with zero attached hydrogens (tertiary/aromatic N) is 1. The van der Waals surface area contributed by atoms with E-state index in [4.69, 9.17) is 17.0 Å². The summed E-state index contributed by atoms with van der Waals surface area (Å²) < 4.78 is 5.37. The lowest BCUT2D eigenvalue weighted by Crippen LogP contribution is -2.49. The molecule has 0 saturated carbocycles. The van der Waals surface area contributed by atoms with Crippen LogP contribution in [0.1, 0.15) is 29.7 Å². The molecule has 2 heterocycles. The Morgan fingerprint density at radius 2 is 1.96 bits per heavy atom. The molecule has 128 valence electrons. The molecule has 1 aromatic rings. The maximum atomic E-state index is 13.1. The van der Waals surface area contributed by atoms with Gasteiger partial charge in [-0.15, -0.1) is 0 Å². The van der Waals surface area contributed by atoms with Crippen molar-refractivity contribution in [1.29, 1.82) is 0 Å². The third-order valence-corrected chi connectivity index (χ3v) is 4.76. The lowest BCUT2D eigenvalue weighted by atomic mass is 9.90. The van der Waals surface area contributed by atoms with Gasteiger partial charge in [0, 0.05) is 18.8 Å². The number of ether oxygens (including phenoxy) is 1. The fourth-order valence-corrected chi connectivity index (χ4v) is 3.49. The van der Waals surface area contributed by atoms with Crippen LogP contribution in [0.2, 0.25) is 0 Å². The average molecular weight is 345 g/mol. The first-order valence-corrected chi connectivity index (χ1v) is 8.60. The van der Waals surface area contributed by atoms with Crippen molar-refractivity contribution in [2.24, 2.45) is 0 Å². The van der Waals surface area contributed by atoms with Crippen LogP contribution in [0.15, 0.2) is 29.5 Å². The molecule has 0 aromatic heterocycles. The zero-order valence-electron chi connectivity index (χ0n) is 14.3. The van der Waals surface area contributed by atoms with Crippen LogP contribution < -0.4 is 10.6 Å². The van der Waals surface area contributed by atoms with Gasteiger partial charge in [-0.3, -0.25) is 4.79 Å². The van der Waals surface area contributed by atoms with Crippen LogP contribution in [-0.4, -0.2) is 42.2 Å². The second-order valence-electron chi connectivity index (χ2n) is 6.33. The lowest BCUT2D eigenvalue weighted by molar-refractivity contribution is -0.131. The van der Waals surface area contributed by atoms with Crippen molar-refractivity contribution in [1.82, 2.24) is 15.5 Å². The van der Waals surface area contributed by atoms with Gasteiger partial charge in [0.1, 0.15) is 0 Å². The second-order valence-corrected chi connectivity index (χ2v) is 6.74. The van der Waals surface area contributed by atoms with Gasteiger partial charge in [-0.1, -0.05) is 23.8 Å². The Balaban J connectivity index is 2.01. The van der Waals surface area contributed by atoms with Crippen LogP contribution in [0.25, 0.3) is 0 Å². The molecule has 0 aliphatic carbocycles. The molecule has 2 N–H and O–H groups in total. The van der Waals surface area contributed by atoms with Crippen LogP contribution in [-0.2, 0) is 9.53 Å². The number of hydrogen-bond donors (Lipinski definition) is 2. The Hall–Kier alpha value is -1.92. The molecule has 3 rings (SSSR count). The largest absolute Gasteiger partial charge is 0.378 e. The molecule has 5 nitrogen and oxygen atoms in total. The highest BCUT2D eigenvalue weighted by molar-refractivity contribution is 7.80. The van der Waals surface area contributed by atoms with Gasteiger partial charge in [-0.05, 0) is 44.1 Å². The summed E-state index contributed by atoms with van der Waals surface area (Å²) >= 11 is 5.33. The molecule has 0 radical (unpaired) electrons. The monoisotopic (exact) mass is 345 g/mol. The number of benzene rings is 1. The summed E-state index contributed by atoms with van der Waals surface area (Å²) in [6, 6.07) is 6.07. The van der Waals surface area contributed by atoms with E-state index in [1.165, 1.54) is 0 Å². The number of hydrogen-bond acceptors (Lipinski definition) is 3. The smallest absolute Gasteiger partial charge is 0.254 e. The molecule has 0 spiro atoms. The predicted molar refractivity (Wildman–Crippen MR) is 97.6 cm³/mol. The second kappa shape index (κ2) is 6.91. The molecule has 0 bridgehead atoms. The summed E-state index contributed by atoms with van der Waals surface area (Å²) in [6.07, 6.45) is 0. The van der Waals surface area contributed by atoms with E-state index >= 15 is 0 Å². The van der Waals surface area contributed by atoms with Crippen LogP contribution in [0.3, 0.4) is 0 Å². The highest BCUT2D eigenvalue weighted by atomic mass is 32.1. The van der Waals surface area contributed by atoms with Crippen molar-refractivity contribution >= 4 is 23.2 Å². The van der Waals surface area contributed by atoms with Gasteiger partial charge < -0.3 is 20.3 Å². The summed E-state index contributed by atoms with van der Waals surface area (Å²) in [5, 5.41) is 6.94. The molecule has 24 heavy (non-hydrogen) atoms. The Labute approximate surface area is 148 Å². The normalized spacial score (nSPS) is 21.4. The van der Waals surface area contributed by atoms with Crippen LogP contribution in [0.4, 0.5) is 0 Å². The van der Waals surface area contributed by atoms with Crippen molar-refractivity contribution in [2.75, 3.05) is 26.3 Å². The minimum atomic E-state index is -0.228. The number of morpholine rings is 1. The Morgan fingerprint density at radius 3 is 2.67 bits per heavy atom. The van der Waals surface area contributed by atoms with E-state index in [9.17, 15) is 4.79 Å². The number of allylic oxidation sites excluding steroid dienone is 1. The van der Waals surface area contributed by atoms with Gasteiger partial charge in [0.15, 0.2) is 5.11 Å². The maximum Gasteiger partial charge on any atom is 0.254 e. The Bertz CT molecular complexity index is 708. The van der Waals surface area contributed by atoms with Gasteiger partial charge in [0.2, 0.25) is 0 Å². The van der Waals surface area contributed by atoms with Gasteiger partial charge in [0.05, 0.1) is 24.8 Å². The first-order chi connectivity index (χ1) is 11.5. The number of carbonyl (C=O) groups is 1. The lowest BCUT2D eigenvalue weighted by Gasteiger charge is -2.35. The zero-order chi connectivity index (χ0) is 17.3. The number of amides is 1. The van der Waals surface area contributed by atoms with E-state index in [1.54, 1.807) is 0 Å². The number of carbonyl (C=O) groups excluding carboxylic acids is 1. The third-order valence-electron chi connectivity index (χ3n) is 4.54. The minimum Gasteiger partial charge on any atom is -0.378 e. The predicted octanol–water partition coefficient (Wildman–Crippen LogP) is 1.96. The van der Waals surface area contributed by atoms with E-state index in [0.717, 1.165) is 28.0 Å². The van der Waals surface area contributed by atoms with Crippen LogP contribution in [0, 0.1) is 13.8 Å². The number of aryl methyl sites for hydroxylation is 2. The van der Waals surface area contributed by atoms with Crippen molar-refractivity contribution in [3.05, 3.63) is 46.2 Å². The van der Waals surface area contributed by atoms with Gasteiger partial charge in [0.25, 0.3) is 5.91 Å². The van der Waals surface area contributed by atoms with Crippen molar-refractivity contribution < 1.29 is 9.53 Å². The molecule has 1 fully saturated rings. The Morgan fingerprint density at radius 1 is 1.25 bits per heavy atom. The van der Waals surface area contributed by atoms with E-state index < -0.39 is 0 Å². The number of nitrogens with one attached hydrogen (secondary N) is 2. The van der Waals surface area contributed by atoms with E-state index in [-0.39, 0.29) is 11.9 Å². The zero-order valence-corrected chi connectivity index (χ0v) is 15.1. The van der Waals surface area contributed by atoms with E-state index in [1.807, 2.05) is 11.8 Å². The van der Waals surface area contributed by atoms with Gasteiger partial charge in [-0.25, -0.2) is 0 Å². The Kier molecular flexibility index (Phi) is 4.87. The fraction of sp³-hybridized carbons (Fsp3) is 0.444. The first kappa shape index (κ1) is 16.9. The molecule has 1 atom stereocenters. The van der Waals surface area contributed by atoms with Crippen molar-refractivity contribution in [2.45, 2.75) is 26.8 Å². The van der Waals surface area contributed by atoms with E-state index in [0.29, 0.717) is 31.4 Å². The summed E-state index contributed by atoms with van der Waals surface area (Å²) in [4.78, 5) is 15.0. The SMILES string of the molecule is CC1=C(C(=O)N2CCOCC2)[C@H](c2cc(C)ccc2C)NC(=S)N1. The number of rotatable bonds is 2. The molecule has 1 saturated heterocycles. The van der Waals surface area contributed by atoms with Crippen LogP contribution in [0.5, 0.6) is 0 Å².